The molecule has 1 aliphatic rings. The van der Waals surface area contributed by atoms with Gasteiger partial charge >= 0.3 is 5.97 Å². The summed E-state index contributed by atoms with van der Waals surface area (Å²) >= 11 is 0. The topological polar surface area (TPSA) is 71.1 Å². The quantitative estimate of drug-likeness (QED) is 0.654. The maximum Gasteiger partial charge on any atom is 0.302 e. The number of piperidine rings is 1. The number of anilines is 1. The summed E-state index contributed by atoms with van der Waals surface area (Å²) in [6, 6.07) is 4.45. The van der Waals surface area contributed by atoms with Crippen LogP contribution in [-0.2, 0) is 9.53 Å². The van der Waals surface area contributed by atoms with Crippen molar-refractivity contribution in [2.24, 2.45) is 5.92 Å². The van der Waals surface area contributed by atoms with Crippen LogP contribution >= 0.6 is 0 Å². The molecule has 0 unspecified atom stereocenters. The van der Waals surface area contributed by atoms with Crippen LogP contribution in [0.5, 0.6) is 0 Å². The molecule has 1 saturated heterocycles. The van der Waals surface area contributed by atoms with E-state index in [2.05, 4.69) is 15.0 Å². The molecule has 3 aromatic rings. The van der Waals surface area contributed by atoms with E-state index in [0.29, 0.717) is 47.9 Å². The van der Waals surface area contributed by atoms with Crippen LogP contribution in [0.15, 0.2) is 30.7 Å². The zero-order valence-corrected chi connectivity index (χ0v) is 16.1. The molecular formula is C21H22F2N4O2. The number of esters is 1. The van der Waals surface area contributed by atoms with Crippen LogP contribution in [0.4, 0.5) is 14.5 Å². The lowest BCUT2D eigenvalue weighted by atomic mass is 9.93. The molecule has 0 bridgehead atoms. The highest BCUT2D eigenvalue weighted by Gasteiger charge is 2.25. The molecule has 6 nitrogen and oxygen atoms in total. The Balaban J connectivity index is 1.50. The van der Waals surface area contributed by atoms with Crippen LogP contribution in [0, 0.1) is 17.6 Å². The van der Waals surface area contributed by atoms with E-state index in [4.69, 9.17) is 4.74 Å². The molecule has 0 saturated carbocycles. The molecule has 1 aliphatic heterocycles. The second-order valence-electron chi connectivity index (χ2n) is 7.31. The maximum absolute atomic E-state index is 14.9. The molecule has 0 spiro atoms. The lowest BCUT2D eigenvalue weighted by Gasteiger charge is -2.34. The highest BCUT2D eigenvalue weighted by atomic mass is 19.1. The fraction of sp³-hybridized carbons (Fsp3) is 0.381. The molecule has 0 radical (unpaired) electrons. The van der Waals surface area contributed by atoms with Crippen LogP contribution in [0.1, 0.15) is 26.2 Å². The molecular weight excluding hydrogens is 378 g/mol. The van der Waals surface area contributed by atoms with Gasteiger partial charge in [-0.05, 0) is 43.4 Å². The zero-order chi connectivity index (χ0) is 20.4. The van der Waals surface area contributed by atoms with Crippen molar-refractivity contribution in [3.8, 4) is 11.3 Å². The third-order valence-corrected chi connectivity index (χ3v) is 5.41. The first kappa shape index (κ1) is 19.3. The molecule has 1 fully saturated rings. The van der Waals surface area contributed by atoms with Gasteiger partial charge in [-0.2, -0.15) is 0 Å². The normalized spacial score (nSPS) is 15.1. The van der Waals surface area contributed by atoms with Crippen LogP contribution in [-0.4, -0.2) is 40.6 Å². The van der Waals surface area contributed by atoms with Crippen molar-refractivity contribution < 1.29 is 18.3 Å². The Hall–Kier alpha value is -3.03. The highest BCUT2D eigenvalue weighted by Crippen LogP contribution is 2.34. The number of aromatic amines is 1. The van der Waals surface area contributed by atoms with Gasteiger partial charge in [0.1, 0.15) is 29.3 Å². The molecule has 152 valence electrons. The first-order chi connectivity index (χ1) is 14.0. The van der Waals surface area contributed by atoms with E-state index in [1.54, 1.807) is 17.2 Å². The largest absolute Gasteiger partial charge is 0.466 e. The Morgan fingerprint density at radius 1 is 1.24 bits per heavy atom. The number of hydrogen-bond donors (Lipinski definition) is 1. The van der Waals surface area contributed by atoms with Crippen molar-refractivity contribution in [2.75, 3.05) is 24.6 Å². The van der Waals surface area contributed by atoms with E-state index in [9.17, 15) is 13.6 Å². The first-order valence-corrected chi connectivity index (χ1v) is 9.68. The number of nitrogens with zero attached hydrogens (tertiary/aromatic N) is 3. The van der Waals surface area contributed by atoms with Crippen molar-refractivity contribution in [3.05, 3.63) is 42.4 Å². The van der Waals surface area contributed by atoms with Gasteiger partial charge in [0, 0.05) is 37.2 Å². The number of nitrogens with one attached hydrogen (secondary N) is 1. The molecule has 0 atom stereocenters. The molecule has 1 aromatic carbocycles. The van der Waals surface area contributed by atoms with E-state index in [-0.39, 0.29) is 11.7 Å². The second-order valence-corrected chi connectivity index (χ2v) is 7.31. The van der Waals surface area contributed by atoms with Gasteiger partial charge in [-0.1, -0.05) is 0 Å². The number of H-pyrrole nitrogens is 1. The molecule has 8 heteroatoms. The van der Waals surface area contributed by atoms with Crippen LogP contribution in [0.25, 0.3) is 22.3 Å². The third kappa shape index (κ3) is 4.06. The number of aromatic nitrogens is 3. The number of rotatable bonds is 5. The molecule has 2 aromatic heterocycles. The first-order valence-electron chi connectivity index (χ1n) is 9.68. The van der Waals surface area contributed by atoms with Gasteiger partial charge in [-0.3, -0.25) is 4.79 Å². The number of ether oxygens (including phenoxy) is 1. The van der Waals surface area contributed by atoms with Gasteiger partial charge in [0.05, 0.1) is 12.3 Å². The van der Waals surface area contributed by atoms with E-state index < -0.39 is 11.6 Å². The summed E-state index contributed by atoms with van der Waals surface area (Å²) in [6.07, 6.45) is 5.47. The van der Waals surface area contributed by atoms with E-state index >= 15 is 0 Å². The number of fused-ring (bicyclic) bond motifs is 1. The summed E-state index contributed by atoms with van der Waals surface area (Å²) < 4.78 is 34.8. The second kappa shape index (κ2) is 8.14. The van der Waals surface area contributed by atoms with Crippen LogP contribution < -0.4 is 4.90 Å². The van der Waals surface area contributed by atoms with Gasteiger partial charge < -0.3 is 14.6 Å². The van der Waals surface area contributed by atoms with Gasteiger partial charge in [-0.15, -0.1) is 0 Å². The van der Waals surface area contributed by atoms with E-state index in [0.717, 1.165) is 19.3 Å². The summed E-state index contributed by atoms with van der Waals surface area (Å²) in [5.74, 6) is -1.09. The minimum atomic E-state index is -0.597. The number of benzene rings is 1. The van der Waals surface area contributed by atoms with Crippen molar-refractivity contribution >= 4 is 22.7 Å². The summed E-state index contributed by atoms with van der Waals surface area (Å²) in [5, 5.41) is 0.715. The van der Waals surface area contributed by atoms with Gasteiger partial charge in [0.25, 0.3) is 0 Å². The van der Waals surface area contributed by atoms with Gasteiger partial charge in [0.2, 0.25) is 0 Å². The van der Waals surface area contributed by atoms with Gasteiger partial charge in [0.15, 0.2) is 0 Å². The Kier molecular flexibility index (Phi) is 5.42. The van der Waals surface area contributed by atoms with E-state index in [1.807, 2.05) is 0 Å². The highest BCUT2D eigenvalue weighted by molar-refractivity contribution is 5.90. The fourth-order valence-corrected chi connectivity index (χ4v) is 3.92. The third-order valence-electron chi connectivity index (χ3n) is 5.41. The van der Waals surface area contributed by atoms with Crippen molar-refractivity contribution in [1.29, 1.82) is 0 Å². The molecule has 1 N–H and O–H groups in total. The summed E-state index contributed by atoms with van der Waals surface area (Å²) in [4.78, 5) is 23.9. The average Bonchev–Trinajstić information content (AvgIpc) is 3.17. The lowest BCUT2D eigenvalue weighted by Crippen LogP contribution is -2.35. The predicted molar refractivity (Wildman–Crippen MR) is 105 cm³/mol. The van der Waals surface area contributed by atoms with Crippen LogP contribution in [0.3, 0.4) is 0 Å². The Morgan fingerprint density at radius 3 is 2.66 bits per heavy atom. The number of halogens is 2. The monoisotopic (exact) mass is 400 g/mol. The minimum absolute atomic E-state index is 0.00607. The van der Waals surface area contributed by atoms with Crippen molar-refractivity contribution in [3.63, 3.8) is 0 Å². The lowest BCUT2D eigenvalue weighted by molar-refractivity contribution is -0.141. The fourth-order valence-electron chi connectivity index (χ4n) is 3.92. The smallest absolute Gasteiger partial charge is 0.302 e. The Morgan fingerprint density at radius 2 is 1.97 bits per heavy atom. The number of carbonyl (C=O) groups excluding carboxylic acids is 1. The van der Waals surface area contributed by atoms with Crippen LogP contribution in [0.2, 0.25) is 0 Å². The minimum Gasteiger partial charge on any atom is -0.466 e. The molecule has 0 amide bonds. The number of carbonyl (C=O) groups is 1. The Bertz CT molecular complexity index is 1010. The SMILES string of the molecule is CC(=O)OCCC1CCN(c2c(F)cc(-c3ncnc4[nH]ccc34)cc2F)CC1. The maximum atomic E-state index is 14.9. The standard InChI is InChI=1S/C21H22F2N4O2/c1-13(28)29-9-5-14-3-7-27(8-4-14)20-17(22)10-15(11-18(20)23)19-16-2-6-24-21(16)26-12-25-19/h2,6,10-12,14H,3-5,7-9H2,1H3,(H,24,25,26). The predicted octanol–water partition coefficient (Wildman–Crippen LogP) is 4.07. The molecule has 0 aliphatic carbocycles. The zero-order valence-electron chi connectivity index (χ0n) is 16.1. The summed E-state index contributed by atoms with van der Waals surface area (Å²) in [5.41, 5.74) is 1.50. The van der Waals surface area contributed by atoms with Crippen molar-refractivity contribution in [2.45, 2.75) is 26.2 Å². The summed E-state index contributed by atoms with van der Waals surface area (Å²) in [6.45, 7) is 2.91. The summed E-state index contributed by atoms with van der Waals surface area (Å²) in [7, 11) is 0. The molecule has 4 rings (SSSR count). The van der Waals surface area contributed by atoms with Crippen molar-refractivity contribution in [1.82, 2.24) is 15.0 Å². The molecule has 3 heterocycles. The Labute approximate surface area is 166 Å². The molecule has 29 heavy (non-hydrogen) atoms. The number of hydrogen-bond acceptors (Lipinski definition) is 5. The van der Waals surface area contributed by atoms with E-state index in [1.165, 1.54) is 25.4 Å². The van der Waals surface area contributed by atoms with Gasteiger partial charge in [-0.25, -0.2) is 18.7 Å². The average molecular weight is 400 g/mol.